The highest BCUT2D eigenvalue weighted by Gasteiger charge is 2.24. The number of amides is 1. The Morgan fingerprint density at radius 2 is 1.84 bits per heavy atom. The Morgan fingerprint density at radius 1 is 1.09 bits per heavy atom. The summed E-state index contributed by atoms with van der Waals surface area (Å²) in [5, 5.41) is 2.93. The molecule has 1 aliphatic heterocycles. The molecule has 0 radical (unpaired) electrons. The second-order valence-electron chi connectivity index (χ2n) is 8.29. The molecule has 0 bridgehead atoms. The quantitative estimate of drug-likeness (QED) is 0.581. The highest BCUT2D eigenvalue weighted by molar-refractivity contribution is 7.89. The van der Waals surface area contributed by atoms with Crippen molar-refractivity contribution >= 4 is 21.6 Å². The number of nitrogens with one attached hydrogen (secondary N) is 1. The number of hydrogen-bond donors (Lipinski definition) is 1. The molecule has 0 spiro atoms. The number of carbonyl (C=O) groups is 1. The van der Waals surface area contributed by atoms with E-state index in [0.29, 0.717) is 25.1 Å². The van der Waals surface area contributed by atoms with Crippen LogP contribution in [0.4, 0.5) is 5.69 Å². The maximum Gasteiger partial charge on any atom is 0.253 e. The van der Waals surface area contributed by atoms with Crippen LogP contribution in [0.2, 0.25) is 0 Å². The first-order valence-corrected chi connectivity index (χ1v) is 12.5. The average molecular weight is 460 g/mol. The minimum atomic E-state index is -3.63. The van der Waals surface area contributed by atoms with Crippen molar-refractivity contribution in [3.8, 4) is 5.75 Å². The lowest BCUT2D eigenvalue weighted by molar-refractivity contribution is 0.0951. The summed E-state index contributed by atoms with van der Waals surface area (Å²) in [5.41, 5.74) is 2.32. The summed E-state index contributed by atoms with van der Waals surface area (Å²) < 4.78 is 32.1. The van der Waals surface area contributed by atoms with Crippen molar-refractivity contribution in [3.05, 3.63) is 53.6 Å². The van der Waals surface area contributed by atoms with Crippen molar-refractivity contribution < 1.29 is 17.9 Å². The molecule has 1 saturated heterocycles. The largest absolute Gasteiger partial charge is 0.494 e. The number of ether oxygens (including phenoxy) is 1. The van der Waals surface area contributed by atoms with E-state index in [1.54, 1.807) is 12.1 Å². The number of carbonyl (C=O) groups excluding carboxylic acids is 1. The number of aryl methyl sites for hydroxylation is 1. The molecule has 2 aromatic rings. The Labute approximate surface area is 191 Å². The molecule has 1 fully saturated rings. The van der Waals surface area contributed by atoms with Gasteiger partial charge >= 0.3 is 0 Å². The van der Waals surface area contributed by atoms with Crippen molar-refractivity contribution in [1.82, 2.24) is 9.62 Å². The van der Waals surface area contributed by atoms with Crippen LogP contribution in [0.1, 0.15) is 41.6 Å². The van der Waals surface area contributed by atoms with Crippen molar-refractivity contribution in [2.75, 3.05) is 45.2 Å². The molecule has 32 heavy (non-hydrogen) atoms. The third-order valence-corrected chi connectivity index (χ3v) is 7.36. The molecule has 1 heterocycles. The van der Waals surface area contributed by atoms with Gasteiger partial charge in [-0.05, 0) is 68.5 Å². The molecule has 0 aromatic heterocycles. The smallest absolute Gasteiger partial charge is 0.253 e. The van der Waals surface area contributed by atoms with Crippen LogP contribution in [0.25, 0.3) is 0 Å². The van der Waals surface area contributed by atoms with Crippen LogP contribution in [0, 0.1) is 6.92 Å². The number of rotatable bonds is 9. The van der Waals surface area contributed by atoms with Gasteiger partial charge < -0.3 is 15.0 Å². The SMILES string of the molecule is Cc1cccc(OCCCNC(=O)c2cc(S(=O)(=O)N(C)C)ccc2N2CCCCC2)c1. The van der Waals surface area contributed by atoms with Gasteiger partial charge in [0.05, 0.1) is 17.1 Å². The van der Waals surface area contributed by atoms with E-state index in [2.05, 4.69) is 10.2 Å². The molecule has 0 atom stereocenters. The first-order chi connectivity index (χ1) is 15.3. The fourth-order valence-electron chi connectivity index (χ4n) is 3.74. The number of hydrogen-bond acceptors (Lipinski definition) is 5. The van der Waals surface area contributed by atoms with Gasteiger partial charge in [-0.25, -0.2) is 12.7 Å². The molecule has 174 valence electrons. The van der Waals surface area contributed by atoms with E-state index in [1.807, 2.05) is 31.2 Å². The zero-order chi connectivity index (χ0) is 23.1. The molecular formula is C24H33N3O4S. The summed E-state index contributed by atoms with van der Waals surface area (Å²) in [6.07, 6.45) is 3.95. The fraction of sp³-hybridized carbons (Fsp3) is 0.458. The van der Waals surface area contributed by atoms with E-state index in [4.69, 9.17) is 4.74 Å². The molecule has 3 rings (SSSR count). The van der Waals surface area contributed by atoms with Crippen LogP contribution >= 0.6 is 0 Å². The minimum absolute atomic E-state index is 0.121. The summed E-state index contributed by atoms with van der Waals surface area (Å²) in [4.78, 5) is 15.3. The van der Waals surface area contributed by atoms with Gasteiger partial charge in [0.15, 0.2) is 0 Å². The van der Waals surface area contributed by atoms with Gasteiger partial charge in [-0.2, -0.15) is 0 Å². The third-order valence-electron chi connectivity index (χ3n) is 5.55. The van der Waals surface area contributed by atoms with Crippen LogP contribution in [-0.2, 0) is 10.0 Å². The van der Waals surface area contributed by atoms with Gasteiger partial charge in [-0.3, -0.25) is 4.79 Å². The zero-order valence-electron chi connectivity index (χ0n) is 19.1. The van der Waals surface area contributed by atoms with Crippen LogP contribution in [0.3, 0.4) is 0 Å². The van der Waals surface area contributed by atoms with E-state index < -0.39 is 10.0 Å². The topological polar surface area (TPSA) is 78.9 Å². The Morgan fingerprint density at radius 3 is 2.53 bits per heavy atom. The lowest BCUT2D eigenvalue weighted by atomic mass is 10.1. The van der Waals surface area contributed by atoms with Crippen molar-refractivity contribution in [2.45, 2.75) is 37.5 Å². The van der Waals surface area contributed by atoms with E-state index in [0.717, 1.165) is 47.2 Å². The minimum Gasteiger partial charge on any atom is -0.494 e. The molecule has 1 N–H and O–H groups in total. The van der Waals surface area contributed by atoms with Gasteiger partial charge in [0.1, 0.15) is 5.75 Å². The second-order valence-corrected chi connectivity index (χ2v) is 10.4. The maximum absolute atomic E-state index is 13.0. The predicted molar refractivity (Wildman–Crippen MR) is 127 cm³/mol. The van der Waals surface area contributed by atoms with Crippen molar-refractivity contribution in [2.24, 2.45) is 0 Å². The van der Waals surface area contributed by atoms with Crippen LogP contribution in [0.5, 0.6) is 5.75 Å². The predicted octanol–water partition coefficient (Wildman–Crippen LogP) is 3.43. The Hall–Kier alpha value is -2.58. The van der Waals surface area contributed by atoms with Gasteiger partial charge in [-0.1, -0.05) is 12.1 Å². The molecule has 0 aliphatic carbocycles. The average Bonchev–Trinajstić information content (AvgIpc) is 2.79. The Kier molecular flexibility index (Phi) is 8.15. The molecule has 0 saturated carbocycles. The number of piperidine rings is 1. The van der Waals surface area contributed by atoms with Crippen LogP contribution in [0.15, 0.2) is 47.4 Å². The van der Waals surface area contributed by atoms with E-state index in [1.165, 1.54) is 26.6 Å². The summed E-state index contributed by atoms with van der Waals surface area (Å²) in [7, 11) is -0.653. The normalized spacial score (nSPS) is 14.4. The van der Waals surface area contributed by atoms with Crippen molar-refractivity contribution in [1.29, 1.82) is 0 Å². The summed E-state index contributed by atoms with van der Waals surface area (Å²) >= 11 is 0. The lowest BCUT2D eigenvalue weighted by Crippen LogP contribution is -2.33. The summed E-state index contributed by atoms with van der Waals surface area (Å²) in [6, 6.07) is 12.7. The Balaban J connectivity index is 1.69. The monoisotopic (exact) mass is 459 g/mol. The molecule has 7 nitrogen and oxygen atoms in total. The van der Waals surface area contributed by atoms with Gasteiger partial charge in [-0.15, -0.1) is 0 Å². The van der Waals surface area contributed by atoms with E-state index in [9.17, 15) is 13.2 Å². The van der Waals surface area contributed by atoms with Gasteiger partial charge in [0.2, 0.25) is 10.0 Å². The number of benzene rings is 2. The van der Waals surface area contributed by atoms with E-state index in [-0.39, 0.29) is 10.8 Å². The molecule has 0 unspecified atom stereocenters. The molecule has 1 aliphatic rings. The van der Waals surface area contributed by atoms with Crippen LogP contribution < -0.4 is 15.0 Å². The van der Waals surface area contributed by atoms with E-state index >= 15 is 0 Å². The number of sulfonamides is 1. The van der Waals surface area contributed by atoms with Crippen molar-refractivity contribution in [3.63, 3.8) is 0 Å². The third kappa shape index (κ3) is 6.01. The lowest BCUT2D eigenvalue weighted by Gasteiger charge is -2.30. The van der Waals surface area contributed by atoms with Crippen LogP contribution in [-0.4, -0.2) is 59.0 Å². The summed E-state index contributed by atoms with van der Waals surface area (Å²) in [6.45, 7) is 4.67. The standard InChI is InChI=1S/C24H33N3O4S/c1-19-9-7-10-20(17-19)31-16-8-13-25-24(28)22-18-21(32(29,30)26(2)3)11-12-23(22)27-14-5-4-6-15-27/h7,9-12,17-18H,4-6,8,13-16H2,1-3H3,(H,25,28). The highest BCUT2D eigenvalue weighted by Crippen LogP contribution is 2.28. The van der Waals surface area contributed by atoms with Gasteiger partial charge in [0, 0.05) is 39.4 Å². The number of nitrogens with zero attached hydrogens (tertiary/aromatic N) is 2. The summed E-state index contributed by atoms with van der Waals surface area (Å²) in [5.74, 6) is 0.544. The molecule has 1 amide bonds. The fourth-order valence-corrected chi connectivity index (χ4v) is 4.67. The second kappa shape index (κ2) is 10.8. The molecule has 2 aromatic carbocycles. The maximum atomic E-state index is 13.0. The first kappa shape index (κ1) is 24.1. The Bertz CT molecular complexity index is 1030. The first-order valence-electron chi connectivity index (χ1n) is 11.1. The number of anilines is 1. The van der Waals surface area contributed by atoms with Gasteiger partial charge in [0.25, 0.3) is 5.91 Å². The zero-order valence-corrected chi connectivity index (χ0v) is 20.0. The molecular weight excluding hydrogens is 426 g/mol. The molecule has 8 heteroatoms. The highest BCUT2D eigenvalue weighted by atomic mass is 32.2.